The molecule has 0 radical (unpaired) electrons. The van der Waals surface area contributed by atoms with Crippen molar-refractivity contribution in [3.05, 3.63) is 24.3 Å². The minimum absolute atomic E-state index is 0.0415. The Morgan fingerprint density at radius 1 is 0.488 bits per heavy atom. The third-order valence-electron chi connectivity index (χ3n) is 8.19. The average Bonchev–Trinajstić information content (AvgIpc) is 3.01. The van der Waals surface area contributed by atoms with Crippen molar-refractivity contribution in [1.82, 2.24) is 5.09 Å². The van der Waals surface area contributed by atoms with Gasteiger partial charge in [0, 0.05) is 19.4 Å². The Morgan fingerprint density at radius 3 is 1.12 bits per heavy atom. The molecule has 5 heteroatoms. The van der Waals surface area contributed by atoms with E-state index in [0.29, 0.717) is 19.4 Å². The largest absolute Gasteiger partial charge is 0.395 e. The van der Waals surface area contributed by atoms with Crippen LogP contribution < -0.4 is 5.09 Å². The minimum atomic E-state index is -1.48. The van der Waals surface area contributed by atoms with Crippen LogP contribution in [0.15, 0.2) is 24.3 Å². The van der Waals surface area contributed by atoms with Crippen LogP contribution in [-0.4, -0.2) is 29.3 Å². The quantitative estimate of drug-likeness (QED) is 0.0420. The molecule has 0 spiro atoms. The molecule has 0 atom stereocenters. The number of hydrogen-bond donors (Lipinski definition) is 2. The van der Waals surface area contributed by atoms with E-state index < -0.39 is 8.07 Å². The number of allylic oxidation sites excluding steroid dienone is 4. The Labute approximate surface area is 269 Å². The lowest BCUT2D eigenvalue weighted by molar-refractivity contribution is -0.114. The smallest absolute Gasteiger partial charge is 0.176 e. The number of unbranched alkanes of at least 4 members (excludes halogenated alkanes) is 22. The molecule has 0 unspecified atom stereocenters. The van der Waals surface area contributed by atoms with E-state index in [1.54, 1.807) is 0 Å². The van der Waals surface area contributed by atoms with Crippen LogP contribution in [0, 0.1) is 0 Å². The summed E-state index contributed by atoms with van der Waals surface area (Å²) < 4.78 is 0. The maximum Gasteiger partial charge on any atom is 0.176 e. The molecule has 0 aliphatic rings. The first-order chi connectivity index (χ1) is 21.2. The molecular formula is C38H72NO3P. The Kier molecular flexibility index (Phi) is 35.0. The van der Waals surface area contributed by atoms with Gasteiger partial charge in [-0.15, -0.1) is 0 Å². The molecule has 0 aromatic heterocycles. The second-order valence-corrected chi connectivity index (χ2v) is 14.4. The molecule has 0 heterocycles. The van der Waals surface area contributed by atoms with Gasteiger partial charge < -0.3 is 5.11 Å². The van der Waals surface area contributed by atoms with Crippen molar-refractivity contribution >= 4 is 19.1 Å². The second kappa shape index (κ2) is 35.6. The van der Waals surface area contributed by atoms with Crippen molar-refractivity contribution in [3.8, 4) is 0 Å². The molecule has 0 aliphatic carbocycles. The van der Waals surface area contributed by atoms with Gasteiger partial charge in [0.2, 0.25) is 0 Å². The predicted octanol–water partition coefficient (Wildman–Crippen LogP) is 12.1. The van der Waals surface area contributed by atoms with Gasteiger partial charge in [0.15, 0.2) is 11.0 Å². The van der Waals surface area contributed by atoms with Crippen LogP contribution >= 0.6 is 8.07 Å². The van der Waals surface area contributed by atoms with Gasteiger partial charge in [-0.2, -0.15) is 0 Å². The van der Waals surface area contributed by atoms with Gasteiger partial charge >= 0.3 is 0 Å². The van der Waals surface area contributed by atoms with Gasteiger partial charge in [-0.3, -0.25) is 14.7 Å². The molecule has 2 N–H and O–H groups in total. The van der Waals surface area contributed by atoms with Gasteiger partial charge in [-0.1, -0.05) is 141 Å². The first-order valence-corrected chi connectivity index (χ1v) is 20.0. The normalized spacial score (nSPS) is 11.9. The topological polar surface area (TPSA) is 66.4 Å². The van der Waals surface area contributed by atoms with Crippen LogP contribution in [0.25, 0.3) is 0 Å². The highest BCUT2D eigenvalue weighted by atomic mass is 31.1. The third kappa shape index (κ3) is 31.0. The number of aliphatic hydroxyl groups is 1. The van der Waals surface area contributed by atoms with Crippen molar-refractivity contribution in [3.63, 3.8) is 0 Å². The summed E-state index contributed by atoms with van der Waals surface area (Å²) in [6, 6.07) is 0. The molecular weight excluding hydrogens is 549 g/mol. The van der Waals surface area contributed by atoms with Crippen LogP contribution in [-0.2, 0) is 9.59 Å². The molecule has 0 amide bonds. The molecule has 0 fully saturated rings. The molecule has 252 valence electrons. The lowest BCUT2D eigenvalue weighted by Crippen LogP contribution is -2.21. The maximum absolute atomic E-state index is 12.8. The monoisotopic (exact) mass is 622 g/mol. The summed E-state index contributed by atoms with van der Waals surface area (Å²) in [6.07, 6.45) is 42.5. The van der Waals surface area contributed by atoms with E-state index in [-0.39, 0.29) is 17.7 Å². The van der Waals surface area contributed by atoms with Crippen LogP contribution in [0.1, 0.15) is 194 Å². The van der Waals surface area contributed by atoms with E-state index in [0.717, 1.165) is 51.4 Å². The molecule has 0 aliphatic heterocycles. The Balaban J connectivity index is 3.83. The van der Waals surface area contributed by atoms with Gasteiger partial charge in [0.05, 0.1) is 6.61 Å². The highest BCUT2D eigenvalue weighted by Gasteiger charge is 2.24. The van der Waals surface area contributed by atoms with E-state index in [2.05, 4.69) is 43.2 Å². The number of carbonyl (C=O) groups excluding carboxylic acids is 2. The summed E-state index contributed by atoms with van der Waals surface area (Å²) in [6.45, 7) is 4.81. The fraction of sp³-hybridized carbons (Fsp3) is 0.842. The fourth-order valence-corrected chi connectivity index (χ4v) is 7.11. The molecule has 0 saturated heterocycles. The molecule has 0 aromatic rings. The van der Waals surface area contributed by atoms with E-state index in [1.165, 1.54) is 116 Å². The Morgan fingerprint density at radius 2 is 0.791 bits per heavy atom. The molecule has 0 rings (SSSR count). The first kappa shape index (κ1) is 42.2. The summed E-state index contributed by atoms with van der Waals surface area (Å²) in [4.78, 5) is 25.7. The van der Waals surface area contributed by atoms with Crippen molar-refractivity contribution in [2.45, 2.75) is 194 Å². The summed E-state index contributed by atoms with van der Waals surface area (Å²) in [5.41, 5.74) is 0.137. The van der Waals surface area contributed by atoms with E-state index in [4.69, 9.17) is 0 Å². The van der Waals surface area contributed by atoms with Crippen LogP contribution in [0.5, 0.6) is 0 Å². The molecule has 0 aromatic carbocycles. The zero-order valence-corrected chi connectivity index (χ0v) is 29.6. The number of rotatable bonds is 35. The highest BCUT2D eigenvalue weighted by molar-refractivity contribution is 7.87. The van der Waals surface area contributed by atoms with Crippen LogP contribution in [0.4, 0.5) is 0 Å². The zero-order valence-electron chi connectivity index (χ0n) is 28.7. The van der Waals surface area contributed by atoms with E-state index in [9.17, 15) is 14.7 Å². The SMILES string of the molecule is CCCCCCCC/C=C\CCCCCCCC(=O)P(NCCO)C(=O)CCCCCCC/C=C\CCCCCCCC. The Bertz CT molecular complexity index is 612. The van der Waals surface area contributed by atoms with Crippen LogP contribution in [0.3, 0.4) is 0 Å². The fourth-order valence-electron chi connectivity index (χ4n) is 5.39. The predicted molar refractivity (Wildman–Crippen MR) is 191 cm³/mol. The van der Waals surface area contributed by atoms with Crippen LogP contribution in [0.2, 0.25) is 0 Å². The summed E-state index contributed by atoms with van der Waals surface area (Å²) in [7, 11) is -1.48. The molecule has 0 saturated carbocycles. The Hall–Kier alpha value is -0.830. The average molecular weight is 622 g/mol. The standard InChI is InChI=1S/C38H72NO3P/c1-3-5-7-9-11-13-15-17-19-21-23-25-27-29-31-33-37(41)43(39-35-36-40)38(42)34-32-30-28-26-24-22-20-18-16-14-12-10-8-6-4-2/h17-20,39-40H,3-16,21-36H2,1-2H3/b19-17-,20-18-. The van der Waals surface area contributed by atoms with Crippen molar-refractivity contribution < 1.29 is 14.7 Å². The van der Waals surface area contributed by atoms with Gasteiger partial charge in [-0.05, 0) is 64.2 Å². The number of aliphatic hydroxyl groups excluding tert-OH is 1. The minimum Gasteiger partial charge on any atom is -0.395 e. The third-order valence-corrected chi connectivity index (χ3v) is 10.2. The zero-order chi connectivity index (χ0) is 31.5. The van der Waals surface area contributed by atoms with Gasteiger partial charge in [0.25, 0.3) is 0 Å². The summed E-state index contributed by atoms with van der Waals surface area (Å²) in [5.74, 6) is 0. The molecule has 43 heavy (non-hydrogen) atoms. The lowest BCUT2D eigenvalue weighted by atomic mass is 10.1. The number of nitrogens with one attached hydrogen (secondary N) is 1. The van der Waals surface area contributed by atoms with Crippen molar-refractivity contribution in [2.24, 2.45) is 0 Å². The van der Waals surface area contributed by atoms with E-state index >= 15 is 0 Å². The number of carbonyl (C=O) groups is 2. The lowest BCUT2D eigenvalue weighted by Gasteiger charge is -2.16. The number of hydrogen-bond acceptors (Lipinski definition) is 4. The molecule has 4 nitrogen and oxygen atoms in total. The molecule has 0 bridgehead atoms. The second-order valence-electron chi connectivity index (χ2n) is 12.4. The maximum atomic E-state index is 12.8. The van der Waals surface area contributed by atoms with Gasteiger partial charge in [0.1, 0.15) is 8.07 Å². The van der Waals surface area contributed by atoms with Crippen molar-refractivity contribution in [2.75, 3.05) is 13.2 Å². The van der Waals surface area contributed by atoms with Crippen molar-refractivity contribution in [1.29, 1.82) is 0 Å². The van der Waals surface area contributed by atoms with E-state index in [1.807, 2.05) is 0 Å². The summed E-state index contributed by atoms with van der Waals surface area (Å²) >= 11 is 0. The highest BCUT2D eigenvalue weighted by Crippen LogP contribution is 2.37. The van der Waals surface area contributed by atoms with Gasteiger partial charge in [-0.25, -0.2) is 0 Å². The first-order valence-electron chi connectivity index (χ1n) is 18.7. The summed E-state index contributed by atoms with van der Waals surface area (Å²) in [5, 5.41) is 12.3.